The summed E-state index contributed by atoms with van der Waals surface area (Å²) >= 11 is 1.47. The average molecular weight is 287 g/mol. The first kappa shape index (κ1) is 12.1. The summed E-state index contributed by atoms with van der Waals surface area (Å²) in [6.45, 7) is 0.912. The molecule has 0 saturated heterocycles. The minimum Gasteiger partial charge on any atom is -0.397 e. The molecule has 2 aromatic rings. The molecule has 0 atom stereocenters. The highest BCUT2D eigenvalue weighted by molar-refractivity contribution is 7.21. The van der Waals surface area contributed by atoms with E-state index in [4.69, 9.17) is 5.73 Å². The van der Waals surface area contributed by atoms with Crippen LogP contribution in [0.25, 0.3) is 10.1 Å². The third kappa shape index (κ3) is 2.06. The molecule has 104 valence electrons. The highest BCUT2D eigenvalue weighted by Crippen LogP contribution is 2.39. The quantitative estimate of drug-likeness (QED) is 0.940. The third-order valence-electron chi connectivity index (χ3n) is 4.13. The van der Waals surface area contributed by atoms with Crippen LogP contribution in [0.3, 0.4) is 0 Å². The van der Waals surface area contributed by atoms with E-state index in [2.05, 4.69) is 9.88 Å². The second-order valence-corrected chi connectivity index (χ2v) is 6.90. The largest absolute Gasteiger partial charge is 0.397 e. The fourth-order valence-corrected chi connectivity index (χ4v) is 3.67. The zero-order chi connectivity index (χ0) is 13.7. The number of nitrogens with zero attached hydrogens (tertiary/aromatic N) is 2. The van der Waals surface area contributed by atoms with Crippen LogP contribution in [-0.4, -0.2) is 28.4 Å². The van der Waals surface area contributed by atoms with Crippen molar-refractivity contribution in [2.75, 3.05) is 12.3 Å². The Morgan fingerprint density at radius 3 is 2.85 bits per heavy atom. The highest BCUT2D eigenvalue weighted by atomic mass is 32.1. The van der Waals surface area contributed by atoms with Crippen molar-refractivity contribution in [1.82, 2.24) is 9.88 Å². The van der Waals surface area contributed by atoms with E-state index in [1.807, 2.05) is 6.07 Å². The van der Waals surface area contributed by atoms with E-state index >= 15 is 0 Å². The van der Waals surface area contributed by atoms with Crippen LogP contribution >= 0.6 is 11.3 Å². The number of fused-ring (bicyclic) bond motifs is 1. The van der Waals surface area contributed by atoms with Crippen LogP contribution in [0.2, 0.25) is 0 Å². The van der Waals surface area contributed by atoms with E-state index in [9.17, 15) is 4.79 Å². The van der Waals surface area contributed by atoms with Crippen LogP contribution in [-0.2, 0) is 0 Å². The Labute approximate surface area is 121 Å². The lowest BCUT2D eigenvalue weighted by molar-refractivity contribution is 0.0741. The number of aromatic nitrogens is 1. The van der Waals surface area contributed by atoms with Gasteiger partial charge in [0.2, 0.25) is 0 Å². The van der Waals surface area contributed by atoms with Crippen LogP contribution in [0.4, 0.5) is 5.69 Å². The van der Waals surface area contributed by atoms with Gasteiger partial charge in [0.05, 0.1) is 10.4 Å². The number of rotatable bonds is 4. The van der Waals surface area contributed by atoms with Gasteiger partial charge in [0.25, 0.3) is 5.91 Å². The van der Waals surface area contributed by atoms with Crippen LogP contribution in [0.1, 0.15) is 35.4 Å². The molecule has 0 spiro atoms. The molecule has 0 radical (unpaired) electrons. The van der Waals surface area contributed by atoms with Crippen LogP contribution in [0.5, 0.6) is 0 Å². The SMILES string of the molecule is Nc1c(C(=O)N(CC2CC2)C2CC2)sc2cnccc12. The lowest BCUT2D eigenvalue weighted by Crippen LogP contribution is -2.34. The molecule has 2 fully saturated rings. The Kier molecular flexibility index (Phi) is 2.70. The summed E-state index contributed by atoms with van der Waals surface area (Å²) in [7, 11) is 0. The predicted molar refractivity (Wildman–Crippen MR) is 80.8 cm³/mol. The first-order valence-electron chi connectivity index (χ1n) is 7.17. The second-order valence-electron chi connectivity index (χ2n) is 5.85. The van der Waals surface area contributed by atoms with Crippen molar-refractivity contribution in [2.24, 2.45) is 5.92 Å². The number of nitrogen functional groups attached to an aromatic ring is 1. The van der Waals surface area contributed by atoms with Gasteiger partial charge in [0, 0.05) is 30.4 Å². The molecular formula is C15H17N3OS. The summed E-state index contributed by atoms with van der Waals surface area (Å²) in [6, 6.07) is 2.34. The number of pyridine rings is 1. The normalized spacial score (nSPS) is 18.4. The van der Waals surface area contributed by atoms with Gasteiger partial charge in [-0.15, -0.1) is 11.3 Å². The zero-order valence-electron chi connectivity index (χ0n) is 11.2. The van der Waals surface area contributed by atoms with Gasteiger partial charge in [-0.3, -0.25) is 9.78 Å². The summed E-state index contributed by atoms with van der Waals surface area (Å²) in [4.78, 5) is 19.7. The van der Waals surface area contributed by atoms with Gasteiger partial charge in [0.1, 0.15) is 4.88 Å². The van der Waals surface area contributed by atoms with Crippen LogP contribution in [0, 0.1) is 5.92 Å². The van der Waals surface area contributed by atoms with Crippen LogP contribution in [0.15, 0.2) is 18.5 Å². The number of hydrogen-bond donors (Lipinski definition) is 1. The number of hydrogen-bond acceptors (Lipinski definition) is 4. The number of anilines is 1. The molecular weight excluding hydrogens is 270 g/mol. The summed E-state index contributed by atoms with van der Waals surface area (Å²) in [5.41, 5.74) is 6.80. The number of carbonyl (C=O) groups excluding carboxylic acids is 1. The van der Waals surface area contributed by atoms with Crippen molar-refractivity contribution in [1.29, 1.82) is 0 Å². The van der Waals surface area contributed by atoms with Crippen LogP contribution < -0.4 is 5.73 Å². The maximum absolute atomic E-state index is 12.8. The van der Waals surface area contributed by atoms with E-state index in [-0.39, 0.29) is 5.91 Å². The van der Waals surface area contributed by atoms with Gasteiger partial charge >= 0.3 is 0 Å². The predicted octanol–water partition coefficient (Wildman–Crippen LogP) is 2.89. The maximum Gasteiger partial charge on any atom is 0.266 e. The Bertz CT molecular complexity index is 673. The van der Waals surface area contributed by atoms with E-state index in [1.165, 1.54) is 24.2 Å². The van der Waals surface area contributed by atoms with Gasteiger partial charge in [-0.05, 0) is 37.7 Å². The molecule has 2 aliphatic rings. The molecule has 2 N–H and O–H groups in total. The maximum atomic E-state index is 12.8. The van der Waals surface area contributed by atoms with Gasteiger partial charge in [0.15, 0.2) is 0 Å². The summed E-state index contributed by atoms with van der Waals surface area (Å²) in [5, 5.41) is 0.954. The molecule has 2 aromatic heterocycles. The average Bonchev–Trinajstić information content (AvgIpc) is 3.35. The standard InChI is InChI=1S/C15H17N3OS/c16-13-11-5-6-17-7-12(11)20-14(13)15(19)18(10-3-4-10)8-9-1-2-9/h5-7,9-10H,1-4,8,16H2. The van der Waals surface area contributed by atoms with Crippen molar-refractivity contribution >= 4 is 33.0 Å². The summed E-state index contributed by atoms with van der Waals surface area (Å²) in [6.07, 6.45) is 8.33. The molecule has 20 heavy (non-hydrogen) atoms. The number of thiophene rings is 1. The Hall–Kier alpha value is -1.62. The third-order valence-corrected chi connectivity index (χ3v) is 5.27. The molecule has 2 heterocycles. The molecule has 5 heteroatoms. The lowest BCUT2D eigenvalue weighted by Gasteiger charge is -2.21. The van der Waals surface area contributed by atoms with Crippen molar-refractivity contribution in [3.8, 4) is 0 Å². The lowest BCUT2D eigenvalue weighted by atomic mass is 10.2. The van der Waals surface area contributed by atoms with Gasteiger partial charge in [-0.2, -0.15) is 0 Å². The van der Waals surface area contributed by atoms with E-state index in [0.29, 0.717) is 16.6 Å². The molecule has 2 saturated carbocycles. The van der Waals surface area contributed by atoms with E-state index < -0.39 is 0 Å². The highest BCUT2D eigenvalue weighted by Gasteiger charge is 2.38. The molecule has 1 amide bonds. The molecule has 4 nitrogen and oxygen atoms in total. The minimum absolute atomic E-state index is 0.123. The summed E-state index contributed by atoms with van der Waals surface area (Å²) < 4.78 is 0.996. The van der Waals surface area contributed by atoms with Crippen molar-refractivity contribution < 1.29 is 4.79 Å². The van der Waals surface area contributed by atoms with Gasteiger partial charge < -0.3 is 10.6 Å². The molecule has 4 rings (SSSR count). The van der Waals surface area contributed by atoms with Crippen molar-refractivity contribution in [3.05, 3.63) is 23.3 Å². The molecule has 0 bridgehead atoms. The molecule has 0 aromatic carbocycles. The summed E-state index contributed by atoms with van der Waals surface area (Å²) in [5.74, 6) is 0.843. The fraction of sp³-hybridized carbons (Fsp3) is 0.467. The fourth-order valence-electron chi connectivity index (χ4n) is 2.62. The molecule has 2 aliphatic carbocycles. The van der Waals surface area contributed by atoms with E-state index in [0.717, 1.165) is 35.4 Å². The zero-order valence-corrected chi connectivity index (χ0v) is 12.0. The Balaban J connectivity index is 1.69. The first-order chi connectivity index (χ1) is 9.74. The van der Waals surface area contributed by atoms with Crippen molar-refractivity contribution in [3.63, 3.8) is 0 Å². The second kappa shape index (κ2) is 4.45. The monoisotopic (exact) mass is 287 g/mol. The first-order valence-corrected chi connectivity index (χ1v) is 7.98. The number of carbonyl (C=O) groups is 1. The minimum atomic E-state index is 0.123. The van der Waals surface area contributed by atoms with Gasteiger partial charge in [-0.25, -0.2) is 0 Å². The number of amides is 1. The van der Waals surface area contributed by atoms with Gasteiger partial charge in [-0.1, -0.05) is 0 Å². The molecule has 0 aliphatic heterocycles. The van der Waals surface area contributed by atoms with Crippen molar-refractivity contribution in [2.45, 2.75) is 31.7 Å². The molecule has 0 unspecified atom stereocenters. The smallest absolute Gasteiger partial charge is 0.266 e. The Morgan fingerprint density at radius 2 is 2.20 bits per heavy atom. The Morgan fingerprint density at radius 1 is 1.40 bits per heavy atom. The number of nitrogens with two attached hydrogens (primary N) is 1. The topological polar surface area (TPSA) is 59.2 Å². The van der Waals surface area contributed by atoms with E-state index in [1.54, 1.807) is 12.4 Å².